The average Bonchev–Trinajstić information content (AvgIpc) is 3.38. The van der Waals surface area contributed by atoms with Crippen LogP contribution in [-0.2, 0) is 4.79 Å². The molecule has 2 aromatic carbocycles. The highest BCUT2D eigenvalue weighted by atomic mass is 32.2. The van der Waals surface area contributed by atoms with E-state index in [-0.39, 0.29) is 5.91 Å². The van der Waals surface area contributed by atoms with Gasteiger partial charge in [0.25, 0.3) is 5.91 Å². The number of thioether (sulfide) groups is 1. The van der Waals surface area contributed by atoms with Crippen molar-refractivity contribution < 1.29 is 18.4 Å². The van der Waals surface area contributed by atoms with E-state index in [0.29, 0.717) is 39.1 Å². The van der Waals surface area contributed by atoms with Gasteiger partial charge in [-0.2, -0.15) is 0 Å². The van der Waals surface area contributed by atoms with Crippen molar-refractivity contribution in [3.8, 4) is 16.9 Å². The Morgan fingerprint density at radius 2 is 1.91 bits per heavy atom. The molecule has 1 amide bonds. The molecule has 2 heterocycles. The summed E-state index contributed by atoms with van der Waals surface area (Å²) >= 11 is 1.33. The van der Waals surface area contributed by atoms with Gasteiger partial charge in [-0.25, -0.2) is 9.79 Å². The van der Waals surface area contributed by atoms with Crippen LogP contribution in [0.2, 0.25) is 0 Å². The first-order chi connectivity index (χ1) is 16.5. The molecule has 172 valence electrons. The Kier molecular flexibility index (Phi) is 6.98. The molecule has 4 aromatic rings. The van der Waals surface area contributed by atoms with Gasteiger partial charge < -0.3 is 13.6 Å². The molecule has 0 atom stereocenters. The quantitative estimate of drug-likeness (QED) is 0.162. The molecule has 0 aliphatic heterocycles. The highest BCUT2D eigenvalue weighted by molar-refractivity contribution is 8.13. The molecule has 7 nitrogen and oxygen atoms in total. The second-order valence-electron chi connectivity index (χ2n) is 7.21. The van der Waals surface area contributed by atoms with Gasteiger partial charge >= 0.3 is 5.63 Å². The summed E-state index contributed by atoms with van der Waals surface area (Å²) in [5.74, 6) is 0.806. The van der Waals surface area contributed by atoms with E-state index in [0.717, 1.165) is 5.39 Å². The SMILES string of the molecule is COc1cc(N=C(SC)N(C)C(=O)/C=C/c2ccco2)ccc1-c1cc2ccccc2oc1=O. The fourth-order valence-corrected chi connectivity index (χ4v) is 3.90. The highest BCUT2D eigenvalue weighted by Crippen LogP contribution is 2.33. The number of ether oxygens (including phenoxy) is 1. The van der Waals surface area contributed by atoms with E-state index in [4.69, 9.17) is 13.6 Å². The Hall–Kier alpha value is -4.04. The number of carbonyl (C=O) groups is 1. The van der Waals surface area contributed by atoms with Crippen LogP contribution in [0.1, 0.15) is 5.76 Å². The lowest BCUT2D eigenvalue weighted by atomic mass is 10.0. The maximum Gasteiger partial charge on any atom is 0.344 e. The Labute approximate surface area is 200 Å². The van der Waals surface area contributed by atoms with Crippen molar-refractivity contribution in [2.75, 3.05) is 20.4 Å². The number of hydrogen-bond donors (Lipinski definition) is 0. The van der Waals surface area contributed by atoms with E-state index >= 15 is 0 Å². The second kappa shape index (κ2) is 10.3. The van der Waals surface area contributed by atoms with Gasteiger partial charge in [0, 0.05) is 30.1 Å². The largest absolute Gasteiger partial charge is 0.496 e. The number of benzene rings is 2. The van der Waals surface area contributed by atoms with Gasteiger partial charge in [-0.05, 0) is 48.7 Å². The topological polar surface area (TPSA) is 85.2 Å². The van der Waals surface area contributed by atoms with E-state index in [9.17, 15) is 9.59 Å². The van der Waals surface area contributed by atoms with Crippen LogP contribution >= 0.6 is 11.8 Å². The molecule has 0 aliphatic carbocycles. The molecule has 0 radical (unpaired) electrons. The van der Waals surface area contributed by atoms with Crippen LogP contribution in [0.5, 0.6) is 5.75 Å². The number of aliphatic imine (C=N–C) groups is 1. The first-order valence-corrected chi connectivity index (χ1v) is 11.6. The van der Waals surface area contributed by atoms with Crippen molar-refractivity contribution in [1.29, 1.82) is 0 Å². The third kappa shape index (κ3) is 4.97. The summed E-state index contributed by atoms with van der Waals surface area (Å²) in [5.41, 5.74) is 1.63. The van der Waals surface area contributed by atoms with Crippen molar-refractivity contribution in [3.63, 3.8) is 0 Å². The lowest BCUT2D eigenvalue weighted by Gasteiger charge is -2.16. The monoisotopic (exact) mass is 474 g/mol. The molecule has 0 spiro atoms. The van der Waals surface area contributed by atoms with Crippen LogP contribution in [0.15, 0.2) is 91.6 Å². The third-order valence-corrected chi connectivity index (χ3v) is 5.81. The summed E-state index contributed by atoms with van der Waals surface area (Å²) < 4.78 is 16.2. The first kappa shape index (κ1) is 23.1. The zero-order valence-corrected chi connectivity index (χ0v) is 19.7. The van der Waals surface area contributed by atoms with Gasteiger partial charge in [0.05, 0.1) is 24.6 Å². The number of amides is 1. The molecule has 0 bridgehead atoms. The van der Waals surface area contributed by atoms with Crippen molar-refractivity contribution >= 4 is 45.6 Å². The third-order valence-electron chi connectivity index (χ3n) is 5.07. The number of carbonyl (C=O) groups excluding carboxylic acids is 1. The number of amidine groups is 1. The Balaban J connectivity index is 1.64. The highest BCUT2D eigenvalue weighted by Gasteiger charge is 2.15. The van der Waals surface area contributed by atoms with Crippen LogP contribution in [0, 0.1) is 0 Å². The van der Waals surface area contributed by atoms with Gasteiger partial charge in [0.2, 0.25) is 0 Å². The lowest BCUT2D eigenvalue weighted by Crippen LogP contribution is -2.29. The van der Waals surface area contributed by atoms with Crippen molar-refractivity contribution in [3.05, 3.63) is 89.2 Å². The number of para-hydroxylation sites is 1. The number of nitrogens with zero attached hydrogens (tertiary/aromatic N) is 2. The second-order valence-corrected chi connectivity index (χ2v) is 7.99. The predicted molar refractivity (Wildman–Crippen MR) is 136 cm³/mol. The molecule has 0 saturated heterocycles. The van der Waals surface area contributed by atoms with Crippen molar-refractivity contribution in [2.45, 2.75) is 0 Å². The molecular formula is C26H22N2O5S. The standard InChI is InChI=1S/C26H22N2O5S/c1-28(24(29)13-11-19-8-6-14-32-19)26(34-3)27-18-10-12-20(23(16-18)31-2)21-15-17-7-4-5-9-22(17)33-25(21)30/h4-16H,1-3H3/b13-11+,27-26?. The summed E-state index contributed by atoms with van der Waals surface area (Å²) in [5, 5.41) is 1.31. The Morgan fingerprint density at radius 3 is 2.65 bits per heavy atom. The fourth-order valence-electron chi connectivity index (χ4n) is 3.34. The molecule has 0 fully saturated rings. The minimum absolute atomic E-state index is 0.248. The lowest BCUT2D eigenvalue weighted by molar-refractivity contribution is -0.121. The minimum Gasteiger partial charge on any atom is -0.496 e. The number of likely N-dealkylation sites (N-methyl/N-ethyl adjacent to an activating group) is 1. The number of hydrogen-bond acceptors (Lipinski definition) is 7. The van der Waals surface area contributed by atoms with Crippen LogP contribution < -0.4 is 10.4 Å². The van der Waals surface area contributed by atoms with Crippen LogP contribution in [0.4, 0.5) is 5.69 Å². The molecule has 0 aliphatic rings. The predicted octanol–water partition coefficient (Wildman–Crippen LogP) is 5.58. The minimum atomic E-state index is -0.452. The van der Waals surface area contributed by atoms with E-state index in [1.165, 1.54) is 29.8 Å². The van der Waals surface area contributed by atoms with E-state index < -0.39 is 5.63 Å². The zero-order valence-electron chi connectivity index (χ0n) is 18.8. The number of fused-ring (bicyclic) bond motifs is 1. The van der Waals surface area contributed by atoms with Crippen molar-refractivity contribution in [2.24, 2.45) is 4.99 Å². The zero-order chi connectivity index (χ0) is 24.1. The van der Waals surface area contributed by atoms with Gasteiger partial charge in [0.15, 0.2) is 5.17 Å². The number of rotatable bonds is 5. The maximum absolute atomic E-state index is 12.6. The normalized spacial score (nSPS) is 11.8. The fraction of sp³-hybridized carbons (Fsp3) is 0.115. The first-order valence-electron chi connectivity index (χ1n) is 10.3. The summed E-state index contributed by atoms with van der Waals surface area (Å²) in [6.45, 7) is 0. The van der Waals surface area contributed by atoms with E-state index in [1.807, 2.05) is 24.5 Å². The van der Waals surface area contributed by atoms with Gasteiger partial charge in [-0.15, -0.1) is 0 Å². The molecule has 0 saturated carbocycles. The van der Waals surface area contributed by atoms with Gasteiger partial charge in [-0.3, -0.25) is 9.69 Å². The van der Waals surface area contributed by atoms with E-state index in [2.05, 4.69) is 4.99 Å². The molecule has 4 rings (SSSR count). The molecule has 2 aromatic heterocycles. The summed E-state index contributed by atoms with van der Waals surface area (Å²) in [6.07, 6.45) is 6.41. The Bertz CT molecular complexity index is 1440. The van der Waals surface area contributed by atoms with E-state index in [1.54, 1.807) is 61.9 Å². The molecule has 8 heteroatoms. The Morgan fingerprint density at radius 1 is 1.09 bits per heavy atom. The average molecular weight is 475 g/mol. The van der Waals surface area contributed by atoms with Crippen LogP contribution in [0.25, 0.3) is 28.2 Å². The van der Waals surface area contributed by atoms with Crippen LogP contribution in [-0.4, -0.2) is 36.4 Å². The van der Waals surface area contributed by atoms with Gasteiger partial charge in [0.1, 0.15) is 17.1 Å². The number of methoxy groups -OCH3 is 1. The van der Waals surface area contributed by atoms with Gasteiger partial charge in [-0.1, -0.05) is 30.0 Å². The molecular weight excluding hydrogens is 452 g/mol. The van der Waals surface area contributed by atoms with Crippen molar-refractivity contribution in [1.82, 2.24) is 4.90 Å². The summed E-state index contributed by atoms with van der Waals surface area (Å²) in [7, 11) is 3.18. The maximum atomic E-state index is 12.6. The molecule has 34 heavy (non-hydrogen) atoms. The number of furan rings is 1. The molecule has 0 unspecified atom stereocenters. The molecule has 0 N–H and O–H groups in total. The summed E-state index contributed by atoms with van der Waals surface area (Å²) in [4.78, 5) is 31.2. The smallest absolute Gasteiger partial charge is 0.344 e. The van der Waals surface area contributed by atoms with Crippen LogP contribution in [0.3, 0.4) is 0 Å². The summed E-state index contributed by atoms with van der Waals surface area (Å²) in [6, 6.07) is 17.9.